The van der Waals surface area contributed by atoms with Crippen molar-refractivity contribution >= 4 is 5.96 Å². The van der Waals surface area contributed by atoms with Crippen molar-refractivity contribution in [3.63, 3.8) is 0 Å². The molecule has 2 heterocycles. The summed E-state index contributed by atoms with van der Waals surface area (Å²) in [6.45, 7) is 10.2. The summed E-state index contributed by atoms with van der Waals surface area (Å²) in [6, 6.07) is 5.20. The third-order valence-electron chi connectivity index (χ3n) is 7.06. The molecule has 1 aromatic carbocycles. The average molecular weight is 447 g/mol. The molecule has 1 aromatic rings. The van der Waals surface area contributed by atoms with Gasteiger partial charge in [0.2, 0.25) is 0 Å². The number of aliphatic imine (C=N–C) groups is 1. The van der Waals surface area contributed by atoms with Gasteiger partial charge in [-0.1, -0.05) is 6.07 Å². The maximum absolute atomic E-state index is 14.6. The number of nitrogens with one attached hydrogen (secondary N) is 2. The van der Waals surface area contributed by atoms with E-state index in [9.17, 15) is 4.39 Å². The summed E-state index contributed by atoms with van der Waals surface area (Å²) in [6.07, 6.45) is 6.98. The van der Waals surface area contributed by atoms with Crippen molar-refractivity contribution in [1.82, 2.24) is 15.5 Å². The van der Waals surface area contributed by atoms with E-state index in [2.05, 4.69) is 22.5 Å². The monoisotopic (exact) mass is 446 g/mol. The van der Waals surface area contributed by atoms with Gasteiger partial charge in [-0.25, -0.2) is 4.39 Å². The number of halogens is 1. The highest BCUT2D eigenvalue weighted by Gasteiger charge is 2.39. The number of rotatable bonds is 9. The van der Waals surface area contributed by atoms with Crippen molar-refractivity contribution in [3.05, 3.63) is 29.6 Å². The Morgan fingerprint density at radius 3 is 2.69 bits per heavy atom. The van der Waals surface area contributed by atoms with Crippen LogP contribution in [0.3, 0.4) is 0 Å². The van der Waals surface area contributed by atoms with Gasteiger partial charge in [0.15, 0.2) is 17.5 Å². The number of hydrogen-bond acceptors (Lipinski definition) is 4. The number of nitrogens with zero attached hydrogens (tertiary/aromatic N) is 2. The standard InChI is InChI=1S/C25H39FN4O2/c1-3-27-24(28-18-25(10-14-31-15-11-25)30-12-4-5-13-30)29-19(2)21-8-9-23(22(26)16-21)32-17-20-6-7-20/h8-9,16,19-20H,3-7,10-15,17-18H2,1-2H3,(H2,27,28,29). The maximum atomic E-state index is 14.6. The van der Waals surface area contributed by atoms with Gasteiger partial charge in [0, 0.05) is 25.3 Å². The first-order valence-corrected chi connectivity index (χ1v) is 12.4. The highest BCUT2D eigenvalue weighted by molar-refractivity contribution is 5.80. The Kier molecular flexibility index (Phi) is 7.89. The smallest absolute Gasteiger partial charge is 0.191 e. The minimum atomic E-state index is -0.297. The van der Waals surface area contributed by atoms with Crippen molar-refractivity contribution in [1.29, 1.82) is 0 Å². The molecule has 0 aromatic heterocycles. The largest absolute Gasteiger partial charge is 0.490 e. The molecule has 178 valence electrons. The van der Waals surface area contributed by atoms with Gasteiger partial charge < -0.3 is 20.1 Å². The first kappa shape index (κ1) is 23.3. The lowest BCUT2D eigenvalue weighted by molar-refractivity contribution is -0.0139. The van der Waals surface area contributed by atoms with Crippen LogP contribution in [-0.4, -0.2) is 62.4 Å². The SMILES string of the molecule is CCNC(=NCC1(N2CCCC2)CCOCC1)NC(C)c1ccc(OCC2CC2)c(F)c1. The average Bonchev–Trinajstić information content (AvgIpc) is 3.46. The van der Waals surface area contributed by atoms with E-state index in [0.717, 1.165) is 63.8 Å². The summed E-state index contributed by atoms with van der Waals surface area (Å²) in [4.78, 5) is 7.62. The fourth-order valence-electron chi connectivity index (χ4n) is 4.75. The molecule has 3 aliphatic rings. The lowest BCUT2D eigenvalue weighted by Crippen LogP contribution is -2.54. The molecule has 0 amide bonds. The molecule has 1 aliphatic carbocycles. The van der Waals surface area contributed by atoms with Gasteiger partial charge in [0.05, 0.1) is 19.2 Å². The molecule has 3 fully saturated rings. The summed E-state index contributed by atoms with van der Waals surface area (Å²) < 4.78 is 25.9. The van der Waals surface area contributed by atoms with E-state index in [-0.39, 0.29) is 17.4 Å². The number of ether oxygens (including phenoxy) is 2. The molecule has 2 saturated heterocycles. The minimum absolute atomic E-state index is 0.0720. The number of hydrogen-bond donors (Lipinski definition) is 2. The van der Waals surface area contributed by atoms with Crippen molar-refractivity contribution in [3.8, 4) is 5.75 Å². The second-order valence-electron chi connectivity index (χ2n) is 9.54. The van der Waals surface area contributed by atoms with E-state index in [0.29, 0.717) is 18.3 Å². The van der Waals surface area contributed by atoms with Gasteiger partial charge in [0.25, 0.3) is 0 Å². The molecule has 4 rings (SSSR count). The zero-order chi connectivity index (χ0) is 22.4. The summed E-state index contributed by atoms with van der Waals surface area (Å²) in [5.74, 6) is 1.43. The lowest BCUT2D eigenvalue weighted by Gasteiger charge is -2.43. The van der Waals surface area contributed by atoms with E-state index in [4.69, 9.17) is 14.5 Å². The van der Waals surface area contributed by atoms with E-state index in [1.54, 1.807) is 12.1 Å². The highest BCUT2D eigenvalue weighted by atomic mass is 19.1. The van der Waals surface area contributed by atoms with Gasteiger partial charge in [0.1, 0.15) is 0 Å². The first-order chi connectivity index (χ1) is 15.6. The molecule has 6 nitrogen and oxygen atoms in total. The van der Waals surface area contributed by atoms with Crippen LogP contribution in [0.4, 0.5) is 4.39 Å². The zero-order valence-corrected chi connectivity index (χ0v) is 19.7. The van der Waals surface area contributed by atoms with E-state index >= 15 is 0 Å². The summed E-state index contributed by atoms with van der Waals surface area (Å²) >= 11 is 0. The van der Waals surface area contributed by atoms with Gasteiger partial charge in [-0.2, -0.15) is 0 Å². The Labute approximate surface area is 191 Å². The summed E-state index contributed by atoms with van der Waals surface area (Å²) in [5.41, 5.74) is 0.972. The molecule has 1 unspecified atom stereocenters. The topological polar surface area (TPSA) is 58.1 Å². The van der Waals surface area contributed by atoms with Crippen LogP contribution in [-0.2, 0) is 4.74 Å². The zero-order valence-electron chi connectivity index (χ0n) is 19.7. The van der Waals surface area contributed by atoms with Crippen LogP contribution in [0, 0.1) is 11.7 Å². The molecule has 0 radical (unpaired) electrons. The fourth-order valence-corrected chi connectivity index (χ4v) is 4.75. The van der Waals surface area contributed by atoms with E-state index < -0.39 is 0 Å². The maximum Gasteiger partial charge on any atom is 0.191 e. The van der Waals surface area contributed by atoms with Crippen molar-refractivity contribution in [2.24, 2.45) is 10.9 Å². The molecule has 7 heteroatoms. The molecular weight excluding hydrogens is 407 g/mol. The molecule has 2 N–H and O–H groups in total. The summed E-state index contributed by atoms with van der Waals surface area (Å²) in [7, 11) is 0. The van der Waals surface area contributed by atoms with Crippen LogP contribution >= 0.6 is 0 Å². The van der Waals surface area contributed by atoms with Gasteiger partial charge >= 0.3 is 0 Å². The van der Waals surface area contributed by atoms with Crippen LogP contribution in [0.15, 0.2) is 23.2 Å². The van der Waals surface area contributed by atoms with E-state index in [1.165, 1.54) is 25.7 Å². The predicted molar refractivity (Wildman–Crippen MR) is 126 cm³/mol. The van der Waals surface area contributed by atoms with Crippen LogP contribution in [0.5, 0.6) is 5.75 Å². The molecule has 1 atom stereocenters. The van der Waals surface area contributed by atoms with Crippen LogP contribution in [0.1, 0.15) is 64.0 Å². The molecule has 32 heavy (non-hydrogen) atoms. The Morgan fingerprint density at radius 2 is 2.03 bits per heavy atom. The lowest BCUT2D eigenvalue weighted by atomic mass is 9.88. The van der Waals surface area contributed by atoms with Gasteiger partial charge in [-0.05, 0) is 89.1 Å². The van der Waals surface area contributed by atoms with Crippen LogP contribution < -0.4 is 15.4 Å². The predicted octanol–water partition coefficient (Wildman–Crippen LogP) is 3.88. The molecule has 0 bridgehead atoms. The van der Waals surface area contributed by atoms with Gasteiger partial charge in [-0.3, -0.25) is 9.89 Å². The molecular formula is C25H39FN4O2. The Hall–Kier alpha value is -1.86. The second kappa shape index (κ2) is 10.8. The Morgan fingerprint density at radius 1 is 1.28 bits per heavy atom. The fraction of sp³-hybridized carbons (Fsp3) is 0.720. The molecule has 1 saturated carbocycles. The van der Waals surface area contributed by atoms with Crippen molar-refractivity contribution in [2.45, 2.75) is 64.0 Å². The second-order valence-corrected chi connectivity index (χ2v) is 9.54. The Balaban J connectivity index is 1.41. The van der Waals surface area contributed by atoms with Crippen LogP contribution in [0.2, 0.25) is 0 Å². The number of benzene rings is 1. The third-order valence-corrected chi connectivity index (χ3v) is 7.06. The molecule has 2 aliphatic heterocycles. The van der Waals surface area contributed by atoms with E-state index in [1.807, 2.05) is 13.0 Å². The summed E-state index contributed by atoms with van der Waals surface area (Å²) in [5, 5.41) is 6.84. The molecule has 0 spiro atoms. The van der Waals surface area contributed by atoms with Crippen LogP contribution in [0.25, 0.3) is 0 Å². The Bertz CT molecular complexity index is 771. The first-order valence-electron chi connectivity index (χ1n) is 12.4. The van der Waals surface area contributed by atoms with Crippen molar-refractivity contribution < 1.29 is 13.9 Å². The highest BCUT2D eigenvalue weighted by Crippen LogP contribution is 2.32. The third kappa shape index (κ3) is 5.93. The normalized spacial score (nSPS) is 22.5. The van der Waals surface area contributed by atoms with Gasteiger partial charge in [-0.15, -0.1) is 0 Å². The number of guanidine groups is 1. The quantitative estimate of drug-likeness (QED) is 0.445. The minimum Gasteiger partial charge on any atom is -0.490 e. The van der Waals surface area contributed by atoms with Crippen molar-refractivity contribution in [2.75, 3.05) is 46.0 Å². The number of likely N-dealkylation sites (tertiary alicyclic amines) is 1.